The number of benzene rings is 1. The van der Waals surface area contributed by atoms with E-state index < -0.39 is 0 Å². The van der Waals surface area contributed by atoms with Crippen molar-refractivity contribution < 1.29 is 4.79 Å². The number of piperidine rings is 1. The number of carbonyl (C=O) groups excluding carboxylic acids is 1. The lowest BCUT2D eigenvalue weighted by Crippen LogP contribution is -2.40. The maximum Gasteiger partial charge on any atom is 0.273 e. The molecule has 0 spiro atoms. The SMILES string of the molecule is CCNCC1CCN(C(=O)c2csc(-c3ccccc3C)n2)CC1.Cl. The average Bonchev–Trinajstić information content (AvgIpc) is 3.10. The van der Waals surface area contributed by atoms with Gasteiger partial charge in [-0.15, -0.1) is 23.7 Å². The van der Waals surface area contributed by atoms with E-state index in [1.165, 1.54) is 5.56 Å². The van der Waals surface area contributed by atoms with Gasteiger partial charge in [-0.1, -0.05) is 31.2 Å². The van der Waals surface area contributed by atoms with Gasteiger partial charge in [-0.25, -0.2) is 4.98 Å². The number of carbonyl (C=O) groups is 1. The van der Waals surface area contributed by atoms with E-state index in [9.17, 15) is 4.79 Å². The lowest BCUT2D eigenvalue weighted by atomic mass is 9.96. The molecule has 1 aromatic heterocycles. The second kappa shape index (κ2) is 9.32. The Hall–Kier alpha value is -1.43. The van der Waals surface area contributed by atoms with Gasteiger partial charge in [0, 0.05) is 24.0 Å². The summed E-state index contributed by atoms with van der Waals surface area (Å²) in [7, 11) is 0. The largest absolute Gasteiger partial charge is 0.337 e. The lowest BCUT2D eigenvalue weighted by molar-refractivity contribution is 0.0685. The molecule has 2 aromatic rings. The molecule has 6 heteroatoms. The van der Waals surface area contributed by atoms with Crippen molar-refractivity contribution in [2.75, 3.05) is 26.2 Å². The van der Waals surface area contributed by atoms with Crippen LogP contribution in [0.5, 0.6) is 0 Å². The van der Waals surface area contributed by atoms with Crippen LogP contribution >= 0.6 is 23.7 Å². The number of nitrogens with zero attached hydrogens (tertiary/aromatic N) is 2. The summed E-state index contributed by atoms with van der Waals surface area (Å²) < 4.78 is 0. The Morgan fingerprint density at radius 3 is 2.72 bits per heavy atom. The minimum atomic E-state index is 0. The normalized spacial score (nSPS) is 15.0. The Morgan fingerprint density at radius 1 is 1.32 bits per heavy atom. The van der Waals surface area contributed by atoms with Crippen molar-refractivity contribution in [1.29, 1.82) is 0 Å². The maximum absolute atomic E-state index is 12.7. The van der Waals surface area contributed by atoms with Crippen molar-refractivity contribution in [3.05, 3.63) is 40.9 Å². The molecule has 1 amide bonds. The van der Waals surface area contributed by atoms with Crippen molar-refractivity contribution in [2.24, 2.45) is 5.92 Å². The summed E-state index contributed by atoms with van der Waals surface area (Å²) in [6.45, 7) is 7.96. The Morgan fingerprint density at radius 2 is 2.04 bits per heavy atom. The van der Waals surface area contributed by atoms with Crippen molar-refractivity contribution in [3.63, 3.8) is 0 Å². The smallest absolute Gasteiger partial charge is 0.273 e. The summed E-state index contributed by atoms with van der Waals surface area (Å²) in [5, 5.41) is 6.23. The minimum Gasteiger partial charge on any atom is -0.337 e. The monoisotopic (exact) mass is 379 g/mol. The standard InChI is InChI=1S/C19H25N3OS.ClH/c1-3-20-12-15-8-10-22(11-9-15)19(23)17-13-24-18(21-17)16-7-5-4-6-14(16)2;/h4-7,13,15,20H,3,8-12H2,1-2H3;1H. The van der Waals surface area contributed by atoms with Gasteiger partial charge in [-0.05, 0) is 44.3 Å². The molecular weight excluding hydrogens is 354 g/mol. The molecule has 0 saturated carbocycles. The van der Waals surface area contributed by atoms with Crippen LogP contribution in [0.3, 0.4) is 0 Å². The number of thiazole rings is 1. The fourth-order valence-corrected chi connectivity index (χ4v) is 4.04. The summed E-state index contributed by atoms with van der Waals surface area (Å²) in [6.07, 6.45) is 2.15. The van der Waals surface area contributed by atoms with E-state index in [2.05, 4.69) is 36.3 Å². The van der Waals surface area contributed by atoms with Gasteiger partial charge in [-0.3, -0.25) is 4.79 Å². The third-order valence-corrected chi connectivity index (χ3v) is 5.56. The Kier molecular flexibility index (Phi) is 7.41. The van der Waals surface area contributed by atoms with Crippen molar-refractivity contribution in [2.45, 2.75) is 26.7 Å². The van der Waals surface area contributed by atoms with E-state index in [4.69, 9.17) is 0 Å². The molecule has 2 heterocycles. The van der Waals surface area contributed by atoms with Gasteiger partial charge in [0.2, 0.25) is 0 Å². The topological polar surface area (TPSA) is 45.2 Å². The van der Waals surface area contributed by atoms with E-state index in [1.54, 1.807) is 11.3 Å². The molecule has 25 heavy (non-hydrogen) atoms. The number of likely N-dealkylation sites (tertiary alicyclic amines) is 1. The number of amides is 1. The molecule has 0 aliphatic carbocycles. The number of hydrogen-bond donors (Lipinski definition) is 1. The van der Waals surface area contributed by atoms with Crippen LogP contribution in [-0.2, 0) is 0 Å². The fraction of sp³-hybridized carbons (Fsp3) is 0.474. The maximum atomic E-state index is 12.7. The molecule has 1 saturated heterocycles. The van der Waals surface area contributed by atoms with E-state index in [0.717, 1.165) is 49.6 Å². The molecule has 0 atom stereocenters. The van der Waals surface area contributed by atoms with Gasteiger partial charge < -0.3 is 10.2 Å². The number of nitrogens with one attached hydrogen (secondary N) is 1. The van der Waals surface area contributed by atoms with Crippen molar-refractivity contribution >= 4 is 29.7 Å². The van der Waals surface area contributed by atoms with E-state index in [0.29, 0.717) is 11.6 Å². The summed E-state index contributed by atoms with van der Waals surface area (Å²) in [6, 6.07) is 8.18. The van der Waals surface area contributed by atoms with Crippen molar-refractivity contribution in [3.8, 4) is 10.6 Å². The second-order valence-corrected chi connectivity index (χ2v) is 7.25. The summed E-state index contributed by atoms with van der Waals surface area (Å²) >= 11 is 1.55. The summed E-state index contributed by atoms with van der Waals surface area (Å²) in [4.78, 5) is 19.3. The van der Waals surface area contributed by atoms with Gasteiger partial charge in [0.05, 0.1) is 0 Å². The predicted octanol–water partition coefficient (Wildman–Crippen LogP) is 4.00. The van der Waals surface area contributed by atoms with Crippen LogP contribution < -0.4 is 5.32 Å². The predicted molar refractivity (Wildman–Crippen MR) is 107 cm³/mol. The first-order valence-corrected chi connectivity index (χ1v) is 9.58. The third-order valence-electron chi connectivity index (χ3n) is 4.68. The van der Waals surface area contributed by atoms with Crippen LogP contribution in [0.1, 0.15) is 35.8 Å². The number of hydrogen-bond acceptors (Lipinski definition) is 4. The highest BCUT2D eigenvalue weighted by molar-refractivity contribution is 7.13. The van der Waals surface area contributed by atoms with E-state index in [-0.39, 0.29) is 18.3 Å². The first kappa shape index (κ1) is 19.9. The zero-order valence-electron chi connectivity index (χ0n) is 14.8. The van der Waals surface area contributed by atoms with Gasteiger partial charge in [0.25, 0.3) is 5.91 Å². The molecule has 1 aliphatic rings. The van der Waals surface area contributed by atoms with E-state index >= 15 is 0 Å². The molecule has 3 rings (SSSR count). The highest BCUT2D eigenvalue weighted by Crippen LogP contribution is 2.27. The van der Waals surface area contributed by atoms with Crippen LogP contribution in [0.25, 0.3) is 10.6 Å². The summed E-state index contributed by atoms with van der Waals surface area (Å²) in [5.41, 5.74) is 2.89. The zero-order chi connectivity index (χ0) is 16.9. The van der Waals surface area contributed by atoms with Crippen LogP contribution in [0.4, 0.5) is 0 Å². The molecule has 0 bridgehead atoms. The molecule has 0 unspecified atom stereocenters. The molecule has 0 radical (unpaired) electrons. The number of aryl methyl sites for hydroxylation is 1. The summed E-state index contributed by atoms with van der Waals surface area (Å²) in [5.74, 6) is 0.764. The molecule has 1 N–H and O–H groups in total. The molecule has 136 valence electrons. The first-order chi connectivity index (χ1) is 11.7. The molecular formula is C19H26ClN3OS. The van der Waals surface area contributed by atoms with Crippen molar-refractivity contribution in [1.82, 2.24) is 15.2 Å². The van der Waals surface area contributed by atoms with Gasteiger partial charge in [0.1, 0.15) is 10.7 Å². The quantitative estimate of drug-likeness (QED) is 0.853. The molecule has 1 aliphatic heterocycles. The molecule has 1 aromatic carbocycles. The van der Waals surface area contributed by atoms with Crippen LogP contribution in [-0.4, -0.2) is 42.0 Å². The fourth-order valence-electron chi connectivity index (χ4n) is 3.16. The second-order valence-electron chi connectivity index (χ2n) is 6.40. The number of rotatable bonds is 5. The van der Waals surface area contributed by atoms with Crippen LogP contribution in [0, 0.1) is 12.8 Å². The molecule has 4 nitrogen and oxygen atoms in total. The minimum absolute atomic E-state index is 0. The van der Waals surface area contributed by atoms with Crippen LogP contribution in [0.2, 0.25) is 0 Å². The Balaban J connectivity index is 0.00000225. The lowest BCUT2D eigenvalue weighted by Gasteiger charge is -2.31. The first-order valence-electron chi connectivity index (χ1n) is 8.70. The van der Waals surface area contributed by atoms with Gasteiger partial charge in [-0.2, -0.15) is 0 Å². The Bertz CT molecular complexity index is 695. The molecule has 1 fully saturated rings. The van der Waals surface area contributed by atoms with Gasteiger partial charge >= 0.3 is 0 Å². The van der Waals surface area contributed by atoms with Crippen LogP contribution in [0.15, 0.2) is 29.6 Å². The zero-order valence-corrected chi connectivity index (χ0v) is 16.5. The number of halogens is 1. The highest BCUT2D eigenvalue weighted by Gasteiger charge is 2.25. The highest BCUT2D eigenvalue weighted by atomic mass is 35.5. The van der Waals surface area contributed by atoms with Gasteiger partial charge in [0.15, 0.2) is 0 Å². The number of aromatic nitrogens is 1. The van der Waals surface area contributed by atoms with E-state index in [1.807, 2.05) is 22.4 Å². The average molecular weight is 380 g/mol. The Labute approximate surface area is 160 Å². The third kappa shape index (κ3) is 4.81.